The highest BCUT2D eigenvalue weighted by Gasteiger charge is 2.20. The van der Waals surface area contributed by atoms with E-state index in [1.165, 1.54) is 11.9 Å². The summed E-state index contributed by atoms with van der Waals surface area (Å²) in [5.74, 6) is 1.32. The number of hydrogen-bond acceptors (Lipinski definition) is 4. The molecule has 0 saturated heterocycles. The lowest BCUT2D eigenvalue weighted by atomic mass is 9.92. The van der Waals surface area contributed by atoms with Crippen molar-refractivity contribution in [3.05, 3.63) is 11.8 Å². The predicted octanol–water partition coefficient (Wildman–Crippen LogP) is 3.88. The highest BCUT2D eigenvalue weighted by Crippen LogP contribution is 2.24. The van der Waals surface area contributed by atoms with Crippen LogP contribution in [-0.2, 0) is 5.41 Å². The van der Waals surface area contributed by atoms with E-state index < -0.39 is 0 Å². The van der Waals surface area contributed by atoms with Crippen LogP contribution in [0.15, 0.2) is 10.6 Å². The number of nitrogens with zero attached hydrogens (tertiary/aromatic N) is 2. The second-order valence-electron chi connectivity index (χ2n) is 5.44. The van der Waals surface area contributed by atoms with E-state index in [0.29, 0.717) is 5.88 Å². The molecule has 2 amide bonds. The Kier molecular flexibility index (Phi) is 5.72. The van der Waals surface area contributed by atoms with Crippen LogP contribution in [0, 0.1) is 0 Å². The lowest BCUT2D eigenvalue weighted by Crippen LogP contribution is -2.25. The van der Waals surface area contributed by atoms with Gasteiger partial charge in [-0.05, 0) is 18.4 Å². The van der Waals surface area contributed by atoms with Crippen molar-refractivity contribution in [2.75, 3.05) is 18.1 Å². The summed E-state index contributed by atoms with van der Waals surface area (Å²) in [7, 11) is 1.75. The van der Waals surface area contributed by atoms with E-state index in [-0.39, 0.29) is 11.4 Å². The first-order chi connectivity index (χ1) is 8.84. The van der Waals surface area contributed by atoms with Crippen LogP contribution in [0.3, 0.4) is 0 Å². The van der Waals surface area contributed by atoms with Gasteiger partial charge in [-0.25, -0.2) is 4.79 Å². The lowest BCUT2D eigenvalue weighted by Gasteiger charge is -2.15. The summed E-state index contributed by atoms with van der Waals surface area (Å²) in [5, 5.41) is 6.66. The van der Waals surface area contributed by atoms with E-state index >= 15 is 0 Å². The molecule has 19 heavy (non-hydrogen) atoms. The van der Waals surface area contributed by atoms with Gasteiger partial charge in [0.15, 0.2) is 0 Å². The Morgan fingerprint density at radius 2 is 2.21 bits per heavy atom. The Labute approximate surface area is 119 Å². The number of amides is 2. The summed E-state index contributed by atoms with van der Waals surface area (Å²) in [4.78, 5) is 11.9. The summed E-state index contributed by atoms with van der Waals surface area (Å²) in [5.41, 5.74) is 0.734. The Morgan fingerprint density at radius 1 is 1.53 bits per heavy atom. The highest BCUT2D eigenvalue weighted by atomic mass is 32.2. The number of aromatic nitrogens is 1. The molecule has 108 valence electrons. The van der Waals surface area contributed by atoms with Crippen molar-refractivity contribution < 1.29 is 9.32 Å². The Hall–Kier alpha value is -1.17. The van der Waals surface area contributed by atoms with Gasteiger partial charge in [-0.2, -0.15) is 0 Å². The smallest absolute Gasteiger partial charge is 0.333 e. The zero-order chi connectivity index (χ0) is 14.5. The van der Waals surface area contributed by atoms with Crippen LogP contribution in [0.2, 0.25) is 0 Å². The zero-order valence-electron chi connectivity index (χ0n) is 12.3. The quantitative estimate of drug-likeness (QED) is 0.658. The minimum Gasteiger partial charge on any atom is -0.338 e. The SMILES string of the molecule is CCCCSN(C)C(=O)Nc1cc(C(C)(C)C)no1. The first kappa shape index (κ1) is 15.9. The van der Waals surface area contributed by atoms with Crippen LogP contribution in [0.5, 0.6) is 0 Å². The van der Waals surface area contributed by atoms with Crippen LogP contribution in [0.25, 0.3) is 0 Å². The number of anilines is 1. The molecule has 6 heteroatoms. The topological polar surface area (TPSA) is 58.4 Å². The summed E-state index contributed by atoms with van der Waals surface area (Å²) in [6, 6.07) is 1.57. The molecule has 1 rings (SSSR count). The van der Waals surface area contributed by atoms with Gasteiger partial charge in [0.05, 0.1) is 5.69 Å². The molecular weight excluding hydrogens is 262 g/mol. The molecule has 0 spiro atoms. The molecule has 1 aromatic heterocycles. The number of unbranched alkanes of at least 4 members (excludes halogenated alkanes) is 1. The maximum Gasteiger partial charge on any atom is 0.333 e. The number of rotatable bonds is 5. The first-order valence-corrected chi connectivity index (χ1v) is 7.43. The summed E-state index contributed by atoms with van der Waals surface area (Å²) < 4.78 is 6.70. The fourth-order valence-corrected chi connectivity index (χ4v) is 2.13. The lowest BCUT2D eigenvalue weighted by molar-refractivity contribution is 0.242. The third-order valence-corrected chi connectivity index (χ3v) is 3.60. The number of nitrogens with one attached hydrogen (secondary N) is 1. The van der Waals surface area contributed by atoms with Crippen LogP contribution in [0.4, 0.5) is 10.7 Å². The average molecular weight is 285 g/mol. The van der Waals surface area contributed by atoms with E-state index in [1.54, 1.807) is 17.4 Å². The molecular formula is C13H23N3O2S. The van der Waals surface area contributed by atoms with Crippen molar-refractivity contribution in [2.45, 2.75) is 46.0 Å². The number of urea groups is 1. The monoisotopic (exact) mass is 285 g/mol. The summed E-state index contributed by atoms with van der Waals surface area (Å²) in [6.07, 6.45) is 2.22. The molecule has 1 aromatic rings. The molecule has 0 aliphatic heterocycles. The molecule has 1 heterocycles. The maximum absolute atomic E-state index is 11.9. The van der Waals surface area contributed by atoms with E-state index in [2.05, 4.69) is 17.4 Å². The molecule has 0 saturated carbocycles. The number of carbonyl (C=O) groups is 1. The molecule has 0 aliphatic rings. The van der Waals surface area contributed by atoms with E-state index in [1.807, 2.05) is 20.8 Å². The Bertz CT molecular complexity index is 412. The van der Waals surface area contributed by atoms with Gasteiger partial charge < -0.3 is 4.52 Å². The van der Waals surface area contributed by atoms with E-state index in [4.69, 9.17) is 4.52 Å². The van der Waals surface area contributed by atoms with Crippen molar-refractivity contribution >= 4 is 23.9 Å². The van der Waals surface area contributed by atoms with Crippen LogP contribution in [0.1, 0.15) is 46.2 Å². The van der Waals surface area contributed by atoms with E-state index in [0.717, 1.165) is 24.3 Å². The van der Waals surface area contributed by atoms with Gasteiger partial charge in [0, 0.05) is 24.3 Å². The zero-order valence-corrected chi connectivity index (χ0v) is 13.1. The van der Waals surface area contributed by atoms with Crippen molar-refractivity contribution in [3.63, 3.8) is 0 Å². The fourth-order valence-electron chi connectivity index (χ4n) is 1.28. The van der Waals surface area contributed by atoms with Gasteiger partial charge in [0.25, 0.3) is 0 Å². The molecule has 0 aromatic carbocycles. The molecule has 0 radical (unpaired) electrons. The molecule has 1 N–H and O–H groups in total. The number of hydrogen-bond donors (Lipinski definition) is 1. The van der Waals surface area contributed by atoms with Gasteiger partial charge in [0.2, 0.25) is 5.88 Å². The second kappa shape index (κ2) is 6.84. The van der Waals surface area contributed by atoms with Crippen molar-refractivity contribution in [1.29, 1.82) is 0 Å². The standard InChI is InChI=1S/C13H23N3O2S/c1-6-7-8-19-16(5)12(17)14-11-9-10(15-18-11)13(2,3)4/h9H,6-8H2,1-5H3,(H,14,17). The van der Waals surface area contributed by atoms with Crippen molar-refractivity contribution in [3.8, 4) is 0 Å². The highest BCUT2D eigenvalue weighted by molar-refractivity contribution is 7.97. The summed E-state index contributed by atoms with van der Waals surface area (Å²) in [6.45, 7) is 8.26. The predicted molar refractivity (Wildman–Crippen MR) is 79.4 cm³/mol. The third-order valence-electron chi connectivity index (χ3n) is 2.58. The van der Waals surface area contributed by atoms with Crippen molar-refractivity contribution in [2.24, 2.45) is 0 Å². The minimum atomic E-state index is -0.197. The fraction of sp³-hybridized carbons (Fsp3) is 0.692. The molecule has 0 atom stereocenters. The Morgan fingerprint density at radius 3 is 2.74 bits per heavy atom. The molecule has 0 aliphatic carbocycles. The molecule has 0 fully saturated rings. The minimum absolute atomic E-state index is 0.0890. The molecule has 0 unspecified atom stereocenters. The normalized spacial score (nSPS) is 11.4. The van der Waals surface area contributed by atoms with Gasteiger partial charge in [-0.1, -0.05) is 39.3 Å². The average Bonchev–Trinajstić information content (AvgIpc) is 2.77. The largest absolute Gasteiger partial charge is 0.338 e. The molecule has 5 nitrogen and oxygen atoms in total. The second-order valence-corrected chi connectivity index (χ2v) is 6.65. The van der Waals surface area contributed by atoms with Gasteiger partial charge in [0.1, 0.15) is 0 Å². The van der Waals surface area contributed by atoms with Gasteiger partial charge in [-0.3, -0.25) is 9.62 Å². The van der Waals surface area contributed by atoms with Gasteiger partial charge in [-0.15, -0.1) is 0 Å². The number of carbonyl (C=O) groups excluding carboxylic acids is 1. The third kappa shape index (κ3) is 5.14. The summed E-state index contributed by atoms with van der Waals surface area (Å²) >= 11 is 1.50. The van der Waals surface area contributed by atoms with E-state index in [9.17, 15) is 4.79 Å². The van der Waals surface area contributed by atoms with Crippen LogP contribution in [-0.4, -0.2) is 28.3 Å². The molecule has 0 bridgehead atoms. The Balaban J connectivity index is 2.50. The first-order valence-electron chi connectivity index (χ1n) is 6.49. The van der Waals surface area contributed by atoms with Crippen molar-refractivity contribution in [1.82, 2.24) is 9.46 Å². The van der Waals surface area contributed by atoms with Gasteiger partial charge >= 0.3 is 6.03 Å². The van der Waals surface area contributed by atoms with Crippen LogP contribution >= 0.6 is 11.9 Å². The van der Waals surface area contributed by atoms with Crippen LogP contribution < -0.4 is 5.32 Å². The maximum atomic E-state index is 11.9.